The molecule has 0 saturated heterocycles. The summed E-state index contributed by atoms with van der Waals surface area (Å²) in [5.74, 6) is -0.0131. The van der Waals surface area contributed by atoms with E-state index >= 15 is 0 Å². The molecule has 17 heavy (non-hydrogen) atoms. The average molecular weight is 264 g/mol. The summed E-state index contributed by atoms with van der Waals surface area (Å²) in [6.45, 7) is 0. The lowest BCUT2D eigenvalue weighted by Crippen LogP contribution is -2.09. The first kappa shape index (κ1) is 11.9. The van der Waals surface area contributed by atoms with Crippen molar-refractivity contribution in [2.75, 3.05) is 0 Å². The summed E-state index contributed by atoms with van der Waals surface area (Å²) >= 11 is 1.17. The van der Waals surface area contributed by atoms with Gasteiger partial charge >= 0.3 is 6.18 Å². The van der Waals surface area contributed by atoms with Gasteiger partial charge < -0.3 is 9.63 Å². The van der Waals surface area contributed by atoms with Crippen molar-refractivity contribution in [3.8, 4) is 16.5 Å². The molecule has 8 heteroatoms. The molecule has 0 radical (unpaired) electrons. The zero-order valence-corrected chi connectivity index (χ0v) is 9.18. The Morgan fingerprint density at radius 1 is 1.41 bits per heavy atom. The van der Waals surface area contributed by atoms with Crippen LogP contribution < -0.4 is 0 Å². The molecular weight excluding hydrogens is 257 g/mol. The fraction of sp³-hybridized carbons (Fsp3) is 0.333. The van der Waals surface area contributed by atoms with Crippen molar-refractivity contribution >= 4 is 11.3 Å². The zero-order valence-electron chi connectivity index (χ0n) is 8.36. The number of nitrogens with zero attached hydrogens (tertiary/aromatic N) is 2. The van der Waals surface area contributed by atoms with E-state index in [0.29, 0.717) is 4.88 Å². The minimum absolute atomic E-state index is 0.0230. The van der Waals surface area contributed by atoms with Crippen LogP contribution in [0.3, 0.4) is 0 Å². The number of halogens is 3. The fourth-order valence-electron chi connectivity index (χ4n) is 1.16. The maximum atomic E-state index is 12.0. The number of aryl methyl sites for hydroxylation is 1. The largest absolute Gasteiger partial charge is 0.506 e. The molecule has 92 valence electrons. The molecule has 2 aromatic heterocycles. The van der Waals surface area contributed by atoms with Crippen molar-refractivity contribution in [2.45, 2.75) is 19.0 Å². The number of hydrogen-bond donors (Lipinski definition) is 1. The highest BCUT2D eigenvalue weighted by molar-refractivity contribution is 7.13. The van der Waals surface area contributed by atoms with Gasteiger partial charge in [-0.2, -0.15) is 18.2 Å². The number of aromatic nitrogens is 2. The summed E-state index contributed by atoms with van der Waals surface area (Å²) in [5.41, 5.74) is 0. The molecule has 0 aliphatic carbocycles. The normalized spacial score (nSPS) is 11.9. The molecule has 0 atom stereocenters. The molecule has 0 unspecified atom stereocenters. The molecule has 0 bridgehead atoms. The lowest BCUT2D eigenvalue weighted by molar-refractivity contribution is -0.134. The van der Waals surface area contributed by atoms with Crippen LogP contribution in [0.1, 0.15) is 12.2 Å². The molecule has 0 aromatic carbocycles. The predicted molar refractivity (Wildman–Crippen MR) is 53.7 cm³/mol. The van der Waals surface area contributed by atoms with Gasteiger partial charge in [-0.25, -0.2) is 0 Å². The number of rotatable bonds is 3. The van der Waals surface area contributed by atoms with Crippen LogP contribution in [0, 0.1) is 0 Å². The standard InChI is InChI=1S/C9H7F3N2O2S/c10-9(11,12)3-1-6-13-8(16-14-6)7-5(15)2-4-17-7/h2,4,15H,1,3H2. The second-order valence-corrected chi connectivity index (χ2v) is 4.18. The van der Waals surface area contributed by atoms with E-state index in [2.05, 4.69) is 10.1 Å². The van der Waals surface area contributed by atoms with Crippen molar-refractivity contribution in [3.05, 3.63) is 17.3 Å². The number of thiophene rings is 1. The van der Waals surface area contributed by atoms with Gasteiger partial charge in [0.2, 0.25) is 0 Å². The molecule has 0 aliphatic heterocycles. The highest BCUT2D eigenvalue weighted by Crippen LogP contribution is 2.33. The highest BCUT2D eigenvalue weighted by atomic mass is 32.1. The third-order valence-electron chi connectivity index (χ3n) is 1.94. The van der Waals surface area contributed by atoms with Crippen LogP contribution in [0.4, 0.5) is 13.2 Å². The van der Waals surface area contributed by atoms with E-state index in [4.69, 9.17) is 4.52 Å². The summed E-state index contributed by atoms with van der Waals surface area (Å²) in [5, 5.41) is 14.4. The molecule has 2 rings (SSSR count). The number of alkyl halides is 3. The highest BCUT2D eigenvalue weighted by Gasteiger charge is 2.27. The van der Waals surface area contributed by atoms with Gasteiger partial charge in [-0.3, -0.25) is 0 Å². The van der Waals surface area contributed by atoms with Gasteiger partial charge in [0, 0.05) is 6.42 Å². The van der Waals surface area contributed by atoms with Gasteiger partial charge in [-0.15, -0.1) is 11.3 Å². The quantitative estimate of drug-likeness (QED) is 0.925. The van der Waals surface area contributed by atoms with Gasteiger partial charge in [0.15, 0.2) is 5.82 Å². The van der Waals surface area contributed by atoms with Crippen molar-refractivity contribution in [2.24, 2.45) is 0 Å². The van der Waals surface area contributed by atoms with Crippen molar-refractivity contribution in [1.82, 2.24) is 10.1 Å². The maximum Gasteiger partial charge on any atom is 0.389 e. The molecule has 2 heterocycles. The van der Waals surface area contributed by atoms with Crippen molar-refractivity contribution < 1.29 is 22.8 Å². The Bertz CT molecular complexity index is 506. The molecule has 4 nitrogen and oxygen atoms in total. The summed E-state index contributed by atoms with van der Waals surface area (Å²) < 4.78 is 40.7. The van der Waals surface area contributed by atoms with Crippen LogP contribution in [-0.2, 0) is 6.42 Å². The van der Waals surface area contributed by atoms with Crippen LogP contribution in [0.15, 0.2) is 16.0 Å². The Labute approximate surface area is 97.7 Å². The molecule has 0 amide bonds. The Balaban J connectivity index is 2.09. The maximum absolute atomic E-state index is 12.0. The smallest absolute Gasteiger partial charge is 0.389 e. The lowest BCUT2D eigenvalue weighted by Gasteiger charge is -2.01. The van der Waals surface area contributed by atoms with Crippen LogP contribution in [-0.4, -0.2) is 21.4 Å². The third-order valence-corrected chi connectivity index (χ3v) is 2.83. The van der Waals surface area contributed by atoms with Crippen LogP contribution >= 0.6 is 11.3 Å². The Hall–Kier alpha value is -1.57. The summed E-state index contributed by atoms with van der Waals surface area (Å²) in [4.78, 5) is 4.15. The van der Waals surface area contributed by atoms with Crippen LogP contribution in [0.2, 0.25) is 0 Å². The molecular formula is C9H7F3N2O2S. The Morgan fingerprint density at radius 2 is 2.18 bits per heavy atom. The van der Waals surface area contributed by atoms with E-state index in [1.807, 2.05) is 0 Å². The summed E-state index contributed by atoms with van der Waals surface area (Å²) in [6, 6.07) is 1.44. The molecule has 0 spiro atoms. The van der Waals surface area contributed by atoms with Crippen molar-refractivity contribution in [1.29, 1.82) is 0 Å². The Morgan fingerprint density at radius 3 is 2.76 bits per heavy atom. The number of aromatic hydroxyl groups is 1. The van der Waals surface area contributed by atoms with Gasteiger partial charge in [0.05, 0.1) is 6.42 Å². The summed E-state index contributed by atoms with van der Waals surface area (Å²) in [7, 11) is 0. The molecule has 0 aliphatic rings. The second kappa shape index (κ2) is 4.36. The van der Waals surface area contributed by atoms with Crippen LogP contribution in [0.5, 0.6) is 5.75 Å². The second-order valence-electron chi connectivity index (χ2n) is 3.27. The molecule has 1 N–H and O–H groups in total. The molecule has 2 aromatic rings. The minimum atomic E-state index is -4.24. The monoisotopic (exact) mass is 264 g/mol. The van der Waals surface area contributed by atoms with Gasteiger partial charge in [0.1, 0.15) is 10.6 Å². The van der Waals surface area contributed by atoms with E-state index in [1.54, 1.807) is 5.38 Å². The van der Waals surface area contributed by atoms with E-state index in [-0.39, 0.29) is 23.9 Å². The molecule has 0 saturated carbocycles. The predicted octanol–water partition coefficient (Wildman–Crippen LogP) is 3.00. The average Bonchev–Trinajstić information content (AvgIpc) is 2.81. The minimum Gasteiger partial charge on any atom is -0.506 e. The zero-order chi connectivity index (χ0) is 12.5. The van der Waals surface area contributed by atoms with E-state index < -0.39 is 12.6 Å². The number of hydrogen-bond acceptors (Lipinski definition) is 5. The van der Waals surface area contributed by atoms with Gasteiger partial charge in [-0.05, 0) is 11.4 Å². The topological polar surface area (TPSA) is 59.2 Å². The lowest BCUT2D eigenvalue weighted by atomic mass is 10.3. The molecule has 0 fully saturated rings. The van der Waals surface area contributed by atoms with Crippen molar-refractivity contribution in [3.63, 3.8) is 0 Å². The summed E-state index contributed by atoms with van der Waals surface area (Å²) in [6.07, 6.45) is -5.58. The first-order chi connectivity index (χ1) is 7.96. The van der Waals surface area contributed by atoms with E-state index in [1.165, 1.54) is 17.4 Å². The fourth-order valence-corrected chi connectivity index (χ4v) is 1.87. The van der Waals surface area contributed by atoms with E-state index in [9.17, 15) is 18.3 Å². The van der Waals surface area contributed by atoms with E-state index in [0.717, 1.165) is 0 Å². The SMILES string of the molecule is Oc1ccsc1-c1nc(CCC(F)(F)F)no1. The first-order valence-corrected chi connectivity index (χ1v) is 5.50. The first-order valence-electron chi connectivity index (χ1n) is 4.62. The van der Waals surface area contributed by atoms with Gasteiger partial charge in [0.25, 0.3) is 5.89 Å². The Kier molecular flexibility index (Phi) is 3.05. The van der Waals surface area contributed by atoms with Gasteiger partial charge in [-0.1, -0.05) is 5.16 Å². The third kappa shape index (κ3) is 2.96. The van der Waals surface area contributed by atoms with Crippen LogP contribution in [0.25, 0.3) is 10.8 Å².